The average molecular weight is 394 g/mol. The molecule has 0 aromatic heterocycles. The van der Waals surface area contributed by atoms with Crippen molar-refractivity contribution < 1.29 is 14.4 Å². The third-order valence-electron chi connectivity index (χ3n) is 4.75. The first-order chi connectivity index (χ1) is 13.8. The maximum atomic E-state index is 13.0. The number of carbonyl (C=O) groups is 3. The first-order valence-electron chi connectivity index (χ1n) is 9.71. The third-order valence-corrected chi connectivity index (χ3v) is 4.75. The van der Waals surface area contributed by atoms with E-state index in [1.54, 1.807) is 23.1 Å². The quantitative estimate of drug-likeness (QED) is 0.724. The van der Waals surface area contributed by atoms with Crippen LogP contribution in [0.5, 0.6) is 0 Å². The minimum atomic E-state index is -0.249. The van der Waals surface area contributed by atoms with Crippen molar-refractivity contribution in [3.8, 4) is 0 Å². The molecule has 7 nitrogen and oxygen atoms in total. The van der Waals surface area contributed by atoms with Gasteiger partial charge >= 0.3 is 0 Å². The van der Waals surface area contributed by atoms with E-state index in [-0.39, 0.29) is 42.6 Å². The van der Waals surface area contributed by atoms with Crippen LogP contribution in [0.25, 0.3) is 0 Å². The number of carbonyl (C=O) groups excluding carboxylic acids is 3. The maximum absolute atomic E-state index is 13.0. The smallest absolute Gasteiger partial charge is 0.246 e. The highest BCUT2D eigenvalue weighted by Gasteiger charge is 2.29. The number of anilines is 4. The second-order valence-corrected chi connectivity index (χ2v) is 7.46. The summed E-state index contributed by atoms with van der Waals surface area (Å²) in [5.41, 5.74) is 2.82. The number of fused-ring (bicyclic) bond motifs is 1. The maximum Gasteiger partial charge on any atom is 0.246 e. The van der Waals surface area contributed by atoms with Crippen molar-refractivity contribution in [3.05, 3.63) is 48.5 Å². The van der Waals surface area contributed by atoms with Gasteiger partial charge in [-0.1, -0.05) is 26.0 Å². The van der Waals surface area contributed by atoms with Crippen molar-refractivity contribution in [2.75, 3.05) is 27.4 Å². The predicted molar refractivity (Wildman–Crippen MR) is 115 cm³/mol. The van der Waals surface area contributed by atoms with Gasteiger partial charge in [0.15, 0.2) is 0 Å². The Morgan fingerprint density at radius 3 is 2.45 bits per heavy atom. The second-order valence-electron chi connectivity index (χ2n) is 7.46. The largest absolute Gasteiger partial charge is 0.376 e. The van der Waals surface area contributed by atoms with Crippen LogP contribution < -0.4 is 20.9 Å². The van der Waals surface area contributed by atoms with E-state index in [0.717, 1.165) is 5.69 Å². The topological polar surface area (TPSA) is 90.5 Å². The second kappa shape index (κ2) is 8.77. The fourth-order valence-electron chi connectivity index (χ4n) is 3.19. The molecular formula is C22H26N4O3. The summed E-state index contributed by atoms with van der Waals surface area (Å²) in [4.78, 5) is 38.4. The number of rotatable bonds is 5. The van der Waals surface area contributed by atoms with Crippen molar-refractivity contribution in [3.63, 3.8) is 0 Å². The minimum Gasteiger partial charge on any atom is -0.376 e. The van der Waals surface area contributed by atoms with Gasteiger partial charge < -0.3 is 20.9 Å². The van der Waals surface area contributed by atoms with Gasteiger partial charge in [0.1, 0.15) is 0 Å². The van der Waals surface area contributed by atoms with Crippen LogP contribution in [0, 0.1) is 5.92 Å². The molecule has 0 saturated heterocycles. The van der Waals surface area contributed by atoms with Crippen LogP contribution in [0.1, 0.15) is 27.2 Å². The molecule has 1 aliphatic rings. The standard InChI is InChI=1S/C22H26N4O3/c1-14(2)22(29)24-17-10-8-16(9-11-17)23-13-21(28)26-15(3)12-20(27)25-18-6-4-5-7-19(18)26/h4-11,14-15,23H,12-13H2,1-3H3,(H,24,29)(H,25,27)/t15-/m1/s1. The van der Waals surface area contributed by atoms with E-state index in [1.165, 1.54) is 0 Å². The van der Waals surface area contributed by atoms with E-state index < -0.39 is 0 Å². The Morgan fingerprint density at radius 1 is 1.10 bits per heavy atom. The molecule has 3 rings (SSSR count). The molecule has 0 radical (unpaired) electrons. The zero-order valence-electron chi connectivity index (χ0n) is 16.9. The molecule has 0 bridgehead atoms. The highest BCUT2D eigenvalue weighted by molar-refractivity contribution is 6.05. The van der Waals surface area contributed by atoms with E-state index in [9.17, 15) is 14.4 Å². The van der Waals surface area contributed by atoms with Gasteiger partial charge in [-0.15, -0.1) is 0 Å². The molecule has 0 saturated carbocycles. The molecule has 0 unspecified atom stereocenters. The first-order valence-corrected chi connectivity index (χ1v) is 9.71. The molecule has 0 spiro atoms. The Balaban J connectivity index is 1.67. The van der Waals surface area contributed by atoms with Crippen molar-refractivity contribution in [1.29, 1.82) is 0 Å². The molecule has 3 N–H and O–H groups in total. The fourth-order valence-corrected chi connectivity index (χ4v) is 3.19. The van der Waals surface area contributed by atoms with Gasteiger partial charge in [-0.25, -0.2) is 0 Å². The molecule has 0 aliphatic carbocycles. The molecular weight excluding hydrogens is 368 g/mol. The highest BCUT2D eigenvalue weighted by Crippen LogP contribution is 2.31. The molecule has 2 aromatic rings. The molecule has 7 heteroatoms. The summed E-state index contributed by atoms with van der Waals surface area (Å²) in [6.45, 7) is 5.63. The van der Waals surface area contributed by atoms with Gasteiger partial charge in [-0.3, -0.25) is 14.4 Å². The molecule has 3 amide bonds. The van der Waals surface area contributed by atoms with Crippen molar-refractivity contribution in [2.45, 2.75) is 33.2 Å². The zero-order chi connectivity index (χ0) is 21.0. The lowest BCUT2D eigenvalue weighted by Crippen LogP contribution is -2.42. The van der Waals surface area contributed by atoms with Crippen molar-refractivity contribution in [2.24, 2.45) is 5.92 Å². The molecule has 1 atom stereocenters. The van der Waals surface area contributed by atoms with Crippen LogP contribution in [-0.4, -0.2) is 30.3 Å². The van der Waals surface area contributed by atoms with Crippen LogP contribution in [0.2, 0.25) is 0 Å². The summed E-state index contributed by atoms with van der Waals surface area (Å²) < 4.78 is 0. The van der Waals surface area contributed by atoms with Crippen LogP contribution in [0.15, 0.2) is 48.5 Å². The normalized spacial score (nSPS) is 15.9. The van der Waals surface area contributed by atoms with E-state index in [0.29, 0.717) is 17.1 Å². The minimum absolute atomic E-state index is 0.0436. The van der Waals surface area contributed by atoms with Crippen LogP contribution in [0.3, 0.4) is 0 Å². The summed E-state index contributed by atoms with van der Waals surface area (Å²) in [6, 6.07) is 14.3. The van der Waals surface area contributed by atoms with E-state index in [4.69, 9.17) is 0 Å². The molecule has 152 valence electrons. The predicted octanol–water partition coefficient (Wildman–Crippen LogP) is 3.46. The first kappa shape index (κ1) is 20.4. The van der Waals surface area contributed by atoms with Gasteiger partial charge in [-0.05, 0) is 43.3 Å². The molecule has 1 heterocycles. The van der Waals surface area contributed by atoms with Crippen LogP contribution >= 0.6 is 0 Å². The summed E-state index contributed by atoms with van der Waals surface area (Å²) in [5, 5.41) is 8.80. The summed E-state index contributed by atoms with van der Waals surface area (Å²) in [6.07, 6.45) is 0.241. The summed E-state index contributed by atoms with van der Waals surface area (Å²) >= 11 is 0. The number of amides is 3. The van der Waals surface area contributed by atoms with Crippen molar-refractivity contribution in [1.82, 2.24) is 0 Å². The lowest BCUT2D eigenvalue weighted by atomic mass is 10.1. The number of hydrogen-bond acceptors (Lipinski definition) is 4. The Hall–Kier alpha value is -3.35. The Bertz CT molecular complexity index is 909. The van der Waals surface area contributed by atoms with E-state index in [1.807, 2.05) is 51.1 Å². The van der Waals surface area contributed by atoms with Gasteiger partial charge in [0, 0.05) is 29.8 Å². The van der Waals surface area contributed by atoms with Crippen LogP contribution in [0.4, 0.5) is 22.7 Å². The molecule has 1 aliphatic heterocycles. The van der Waals surface area contributed by atoms with Crippen LogP contribution in [-0.2, 0) is 14.4 Å². The van der Waals surface area contributed by atoms with E-state index >= 15 is 0 Å². The lowest BCUT2D eigenvalue weighted by Gasteiger charge is -2.28. The fraction of sp³-hybridized carbons (Fsp3) is 0.318. The molecule has 29 heavy (non-hydrogen) atoms. The highest BCUT2D eigenvalue weighted by atomic mass is 16.2. The number of hydrogen-bond donors (Lipinski definition) is 3. The summed E-state index contributed by atoms with van der Waals surface area (Å²) in [7, 11) is 0. The molecule has 0 fully saturated rings. The third kappa shape index (κ3) is 4.93. The van der Waals surface area contributed by atoms with Gasteiger partial charge in [-0.2, -0.15) is 0 Å². The number of nitrogens with zero attached hydrogens (tertiary/aromatic N) is 1. The SMILES string of the molecule is CC(C)C(=O)Nc1ccc(NCC(=O)N2c3ccccc3NC(=O)C[C@H]2C)cc1. The van der Waals surface area contributed by atoms with Crippen molar-refractivity contribution >= 4 is 40.5 Å². The Kier molecular flexibility index (Phi) is 6.16. The van der Waals surface area contributed by atoms with Gasteiger partial charge in [0.2, 0.25) is 17.7 Å². The molecule has 2 aromatic carbocycles. The Morgan fingerprint density at radius 2 is 1.76 bits per heavy atom. The number of para-hydroxylation sites is 2. The van der Waals surface area contributed by atoms with E-state index in [2.05, 4.69) is 16.0 Å². The summed E-state index contributed by atoms with van der Waals surface area (Å²) in [5.74, 6) is -0.367. The number of nitrogens with one attached hydrogen (secondary N) is 3. The van der Waals surface area contributed by atoms with Gasteiger partial charge in [0.25, 0.3) is 0 Å². The lowest BCUT2D eigenvalue weighted by molar-refractivity contribution is -0.119. The Labute approximate surface area is 170 Å². The van der Waals surface area contributed by atoms with Gasteiger partial charge in [0.05, 0.1) is 17.9 Å². The monoisotopic (exact) mass is 394 g/mol. The zero-order valence-corrected chi connectivity index (χ0v) is 16.9. The average Bonchev–Trinajstić information content (AvgIpc) is 2.81. The number of benzene rings is 2.